The molecule has 2 aromatic rings. The summed E-state index contributed by atoms with van der Waals surface area (Å²) in [6, 6.07) is 6.99. The zero-order valence-corrected chi connectivity index (χ0v) is 14.1. The van der Waals surface area contributed by atoms with Crippen LogP contribution in [-0.4, -0.2) is 57.2 Å². The van der Waals surface area contributed by atoms with Crippen LogP contribution in [0.2, 0.25) is 0 Å². The third-order valence-electron chi connectivity index (χ3n) is 4.60. The molecular formula is C18H25FN4O. The second-order valence-corrected chi connectivity index (χ2v) is 6.49. The standard InChI is InChI=1S/C18H25FN4O/c1-14-20-10-17(21-14)12-22-7-8-23(18(13-22)6-9-24)11-15-2-4-16(19)5-3-15/h2-5,10,18,24H,6-9,11-13H2,1H3,(H,20,21)/t18-/m0/s1. The van der Waals surface area contributed by atoms with Gasteiger partial charge in [0, 0.05) is 57.3 Å². The summed E-state index contributed by atoms with van der Waals surface area (Å²) in [5.74, 6) is 0.734. The van der Waals surface area contributed by atoms with Gasteiger partial charge in [0.05, 0.1) is 0 Å². The van der Waals surface area contributed by atoms with Crippen LogP contribution in [0.5, 0.6) is 0 Å². The summed E-state index contributed by atoms with van der Waals surface area (Å²) in [7, 11) is 0. The van der Waals surface area contributed by atoms with E-state index in [0.717, 1.165) is 56.2 Å². The van der Waals surface area contributed by atoms with Gasteiger partial charge in [0.25, 0.3) is 0 Å². The first-order chi connectivity index (χ1) is 11.6. The van der Waals surface area contributed by atoms with Crippen LogP contribution in [0.25, 0.3) is 0 Å². The van der Waals surface area contributed by atoms with Crippen LogP contribution in [0.3, 0.4) is 0 Å². The average molecular weight is 332 g/mol. The molecular weight excluding hydrogens is 307 g/mol. The lowest BCUT2D eigenvalue weighted by Crippen LogP contribution is -2.52. The van der Waals surface area contributed by atoms with Gasteiger partial charge in [-0.1, -0.05) is 12.1 Å². The van der Waals surface area contributed by atoms with Crippen molar-refractivity contribution in [3.05, 3.63) is 53.4 Å². The van der Waals surface area contributed by atoms with Gasteiger partial charge in [-0.2, -0.15) is 0 Å². The molecule has 2 heterocycles. The second-order valence-electron chi connectivity index (χ2n) is 6.49. The number of nitrogens with zero attached hydrogens (tertiary/aromatic N) is 3. The predicted octanol–water partition coefficient (Wildman–Crippen LogP) is 1.93. The Bertz CT molecular complexity index is 643. The third kappa shape index (κ3) is 4.41. The molecule has 0 spiro atoms. The molecule has 1 fully saturated rings. The minimum atomic E-state index is -0.203. The van der Waals surface area contributed by atoms with Crippen molar-refractivity contribution in [1.29, 1.82) is 0 Å². The monoisotopic (exact) mass is 332 g/mol. The van der Waals surface area contributed by atoms with Crippen molar-refractivity contribution in [3.63, 3.8) is 0 Å². The number of piperazine rings is 1. The van der Waals surface area contributed by atoms with E-state index in [0.29, 0.717) is 6.04 Å². The van der Waals surface area contributed by atoms with E-state index >= 15 is 0 Å². The molecule has 3 rings (SSSR count). The molecule has 1 atom stereocenters. The summed E-state index contributed by atoms with van der Waals surface area (Å²) in [6.07, 6.45) is 2.64. The van der Waals surface area contributed by atoms with Crippen molar-refractivity contribution in [1.82, 2.24) is 19.8 Å². The first-order valence-electron chi connectivity index (χ1n) is 8.46. The van der Waals surface area contributed by atoms with Gasteiger partial charge in [-0.3, -0.25) is 9.80 Å². The Morgan fingerprint density at radius 3 is 2.71 bits per heavy atom. The van der Waals surface area contributed by atoms with Crippen molar-refractivity contribution < 1.29 is 9.50 Å². The molecule has 6 heteroatoms. The van der Waals surface area contributed by atoms with E-state index in [-0.39, 0.29) is 12.4 Å². The van der Waals surface area contributed by atoms with E-state index in [1.54, 1.807) is 0 Å². The highest BCUT2D eigenvalue weighted by Crippen LogP contribution is 2.18. The van der Waals surface area contributed by atoms with Crippen molar-refractivity contribution in [2.45, 2.75) is 32.5 Å². The quantitative estimate of drug-likeness (QED) is 0.849. The van der Waals surface area contributed by atoms with Crippen LogP contribution in [0.4, 0.5) is 4.39 Å². The molecule has 0 unspecified atom stereocenters. The highest BCUT2D eigenvalue weighted by molar-refractivity contribution is 5.16. The van der Waals surface area contributed by atoms with Crippen molar-refractivity contribution in [2.24, 2.45) is 0 Å². The van der Waals surface area contributed by atoms with Gasteiger partial charge in [-0.15, -0.1) is 0 Å². The van der Waals surface area contributed by atoms with E-state index in [9.17, 15) is 9.50 Å². The largest absolute Gasteiger partial charge is 0.396 e. The van der Waals surface area contributed by atoms with Gasteiger partial charge >= 0.3 is 0 Å². The van der Waals surface area contributed by atoms with Gasteiger partial charge in [0.1, 0.15) is 11.6 Å². The smallest absolute Gasteiger partial charge is 0.123 e. The fourth-order valence-electron chi connectivity index (χ4n) is 3.35. The summed E-state index contributed by atoms with van der Waals surface area (Å²) in [5.41, 5.74) is 2.24. The van der Waals surface area contributed by atoms with Crippen LogP contribution in [0.1, 0.15) is 23.5 Å². The Kier molecular flexibility index (Phi) is 5.60. The molecule has 1 aromatic carbocycles. The van der Waals surface area contributed by atoms with Crippen molar-refractivity contribution in [3.8, 4) is 0 Å². The molecule has 0 aliphatic carbocycles. The van der Waals surface area contributed by atoms with E-state index in [1.165, 1.54) is 12.1 Å². The zero-order valence-electron chi connectivity index (χ0n) is 14.1. The van der Waals surface area contributed by atoms with Gasteiger partial charge in [0.2, 0.25) is 0 Å². The van der Waals surface area contributed by atoms with E-state index < -0.39 is 0 Å². The number of imidazole rings is 1. The highest BCUT2D eigenvalue weighted by Gasteiger charge is 2.26. The number of benzene rings is 1. The Morgan fingerprint density at radius 2 is 2.04 bits per heavy atom. The van der Waals surface area contributed by atoms with Gasteiger partial charge in [0.15, 0.2) is 0 Å². The minimum absolute atomic E-state index is 0.182. The molecule has 130 valence electrons. The number of rotatable bonds is 6. The highest BCUT2D eigenvalue weighted by atomic mass is 19.1. The molecule has 1 saturated heterocycles. The Morgan fingerprint density at radius 1 is 1.25 bits per heavy atom. The van der Waals surface area contributed by atoms with Crippen LogP contribution in [0, 0.1) is 12.7 Å². The normalized spacial score (nSPS) is 19.7. The Labute approximate surface area is 142 Å². The van der Waals surface area contributed by atoms with Crippen LogP contribution < -0.4 is 0 Å². The maximum atomic E-state index is 13.1. The van der Waals surface area contributed by atoms with E-state index in [2.05, 4.69) is 19.8 Å². The summed E-state index contributed by atoms with van der Waals surface area (Å²) in [6.45, 7) is 6.62. The number of aromatic amines is 1. The average Bonchev–Trinajstić information content (AvgIpc) is 2.97. The van der Waals surface area contributed by atoms with Crippen LogP contribution in [-0.2, 0) is 13.1 Å². The topological polar surface area (TPSA) is 55.4 Å². The molecule has 0 radical (unpaired) electrons. The lowest BCUT2D eigenvalue weighted by atomic mass is 10.1. The van der Waals surface area contributed by atoms with Crippen LogP contribution >= 0.6 is 0 Å². The van der Waals surface area contributed by atoms with Gasteiger partial charge < -0.3 is 10.1 Å². The summed E-state index contributed by atoms with van der Waals surface area (Å²) in [4.78, 5) is 12.3. The molecule has 1 aromatic heterocycles. The number of aryl methyl sites for hydroxylation is 1. The van der Waals surface area contributed by atoms with Crippen molar-refractivity contribution >= 4 is 0 Å². The number of aromatic nitrogens is 2. The lowest BCUT2D eigenvalue weighted by Gasteiger charge is -2.41. The second kappa shape index (κ2) is 7.88. The lowest BCUT2D eigenvalue weighted by molar-refractivity contribution is 0.0494. The molecule has 1 aliphatic rings. The molecule has 24 heavy (non-hydrogen) atoms. The molecule has 5 nitrogen and oxygen atoms in total. The van der Waals surface area contributed by atoms with Gasteiger partial charge in [-0.25, -0.2) is 9.37 Å². The predicted molar refractivity (Wildman–Crippen MR) is 90.9 cm³/mol. The number of aliphatic hydroxyl groups is 1. The number of hydrogen-bond acceptors (Lipinski definition) is 4. The third-order valence-corrected chi connectivity index (χ3v) is 4.60. The van der Waals surface area contributed by atoms with Crippen molar-refractivity contribution in [2.75, 3.05) is 26.2 Å². The maximum absolute atomic E-state index is 13.1. The van der Waals surface area contributed by atoms with Gasteiger partial charge in [-0.05, 0) is 31.0 Å². The first-order valence-corrected chi connectivity index (χ1v) is 8.46. The Hall–Kier alpha value is -1.76. The molecule has 0 bridgehead atoms. The number of hydrogen-bond donors (Lipinski definition) is 2. The molecule has 0 amide bonds. The SMILES string of the molecule is Cc1ncc(CN2CCN(Cc3ccc(F)cc3)[C@@H](CCO)C2)[nH]1. The first kappa shape index (κ1) is 17.1. The fourth-order valence-corrected chi connectivity index (χ4v) is 3.35. The molecule has 2 N–H and O–H groups in total. The molecule has 0 saturated carbocycles. The number of H-pyrrole nitrogens is 1. The summed E-state index contributed by atoms with van der Waals surface area (Å²) >= 11 is 0. The van der Waals surface area contributed by atoms with E-state index in [4.69, 9.17) is 0 Å². The van der Waals surface area contributed by atoms with Crippen LogP contribution in [0.15, 0.2) is 30.5 Å². The summed E-state index contributed by atoms with van der Waals surface area (Å²) < 4.78 is 13.1. The number of aliphatic hydroxyl groups excluding tert-OH is 1. The van der Waals surface area contributed by atoms with E-state index in [1.807, 2.05) is 25.3 Å². The number of halogens is 1. The number of nitrogens with one attached hydrogen (secondary N) is 1. The molecule has 1 aliphatic heterocycles. The fraction of sp³-hybridized carbons (Fsp3) is 0.500. The summed E-state index contributed by atoms with van der Waals surface area (Å²) in [5, 5.41) is 9.41. The maximum Gasteiger partial charge on any atom is 0.123 e. The zero-order chi connectivity index (χ0) is 16.9. The minimum Gasteiger partial charge on any atom is -0.396 e. The Balaban J connectivity index is 1.61.